The summed E-state index contributed by atoms with van der Waals surface area (Å²) in [5, 5.41) is 4.37. The highest BCUT2D eigenvalue weighted by atomic mass is 35.5. The first kappa shape index (κ1) is 15.0. The standard InChI is InChI=1S/C15H14ClN3O2/c1-10-3-5-12(9-17-10)15(20)19-18-8-11-4-6-14(21-2)13(16)7-11/h3-9H,1-2H3,(H,19,20)/b18-8+. The number of methoxy groups -OCH3 is 1. The Labute approximate surface area is 127 Å². The highest BCUT2D eigenvalue weighted by Gasteiger charge is 2.04. The number of benzene rings is 1. The molecule has 1 amide bonds. The number of halogens is 1. The van der Waals surface area contributed by atoms with Gasteiger partial charge in [-0.2, -0.15) is 5.10 Å². The molecule has 2 rings (SSSR count). The molecule has 0 spiro atoms. The van der Waals surface area contributed by atoms with Crippen LogP contribution in [0.4, 0.5) is 0 Å². The van der Waals surface area contributed by atoms with E-state index in [9.17, 15) is 4.79 Å². The van der Waals surface area contributed by atoms with Crippen molar-refractivity contribution in [3.05, 3.63) is 58.4 Å². The molecule has 0 aliphatic rings. The molecule has 0 saturated heterocycles. The monoisotopic (exact) mass is 303 g/mol. The van der Waals surface area contributed by atoms with Gasteiger partial charge in [0.2, 0.25) is 0 Å². The summed E-state index contributed by atoms with van der Waals surface area (Å²) in [5.74, 6) is 0.266. The first-order valence-electron chi connectivity index (χ1n) is 6.20. The molecule has 0 unspecified atom stereocenters. The molecule has 5 nitrogen and oxygen atoms in total. The lowest BCUT2D eigenvalue weighted by Crippen LogP contribution is -2.17. The Morgan fingerprint density at radius 2 is 2.19 bits per heavy atom. The predicted molar refractivity (Wildman–Crippen MR) is 82.0 cm³/mol. The summed E-state index contributed by atoms with van der Waals surface area (Å²) >= 11 is 6.00. The molecular formula is C15H14ClN3O2. The van der Waals surface area contributed by atoms with E-state index in [4.69, 9.17) is 16.3 Å². The molecule has 0 aliphatic carbocycles. The van der Waals surface area contributed by atoms with Gasteiger partial charge in [0.05, 0.1) is 23.9 Å². The molecular weight excluding hydrogens is 290 g/mol. The third kappa shape index (κ3) is 4.03. The van der Waals surface area contributed by atoms with Crippen LogP contribution >= 0.6 is 11.6 Å². The van der Waals surface area contributed by atoms with Crippen LogP contribution in [0.2, 0.25) is 5.02 Å². The zero-order valence-corrected chi connectivity index (χ0v) is 12.4. The zero-order chi connectivity index (χ0) is 15.2. The molecule has 0 bridgehead atoms. The van der Waals surface area contributed by atoms with Gasteiger partial charge in [-0.1, -0.05) is 11.6 Å². The lowest BCUT2D eigenvalue weighted by Gasteiger charge is -2.03. The van der Waals surface area contributed by atoms with E-state index in [0.29, 0.717) is 16.3 Å². The van der Waals surface area contributed by atoms with Crippen molar-refractivity contribution in [2.45, 2.75) is 6.92 Å². The van der Waals surface area contributed by atoms with Gasteiger partial charge >= 0.3 is 0 Å². The van der Waals surface area contributed by atoms with Crippen molar-refractivity contribution < 1.29 is 9.53 Å². The van der Waals surface area contributed by atoms with E-state index in [1.807, 2.05) is 6.92 Å². The summed E-state index contributed by atoms with van der Waals surface area (Å²) in [6.45, 7) is 1.85. The average Bonchev–Trinajstić information content (AvgIpc) is 2.48. The highest BCUT2D eigenvalue weighted by Crippen LogP contribution is 2.24. The number of ether oxygens (including phenoxy) is 1. The molecule has 0 aliphatic heterocycles. The van der Waals surface area contributed by atoms with Crippen molar-refractivity contribution in [2.24, 2.45) is 5.10 Å². The van der Waals surface area contributed by atoms with Gasteiger partial charge in [0, 0.05) is 11.9 Å². The number of hydrogen-bond acceptors (Lipinski definition) is 4. The van der Waals surface area contributed by atoms with Crippen LogP contribution in [0.25, 0.3) is 0 Å². The summed E-state index contributed by atoms with van der Waals surface area (Å²) in [7, 11) is 1.55. The SMILES string of the molecule is COc1ccc(/C=N/NC(=O)c2ccc(C)nc2)cc1Cl. The van der Waals surface area contributed by atoms with Crippen LogP contribution in [0.1, 0.15) is 21.6 Å². The molecule has 1 aromatic heterocycles. The number of aromatic nitrogens is 1. The van der Waals surface area contributed by atoms with Crippen molar-refractivity contribution in [1.82, 2.24) is 10.4 Å². The van der Waals surface area contributed by atoms with Gasteiger partial charge in [-0.3, -0.25) is 9.78 Å². The van der Waals surface area contributed by atoms with Crippen LogP contribution in [0.3, 0.4) is 0 Å². The maximum atomic E-state index is 11.8. The molecule has 21 heavy (non-hydrogen) atoms. The fraction of sp³-hybridized carbons (Fsp3) is 0.133. The van der Waals surface area contributed by atoms with Gasteiger partial charge in [0.1, 0.15) is 5.75 Å². The fourth-order valence-electron chi connectivity index (χ4n) is 1.60. The quantitative estimate of drug-likeness (QED) is 0.698. The van der Waals surface area contributed by atoms with Crippen LogP contribution in [-0.4, -0.2) is 24.2 Å². The minimum absolute atomic E-state index is 0.321. The van der Waals surface area contributed by atoms with Gasteiger partial charge < -0.3 is 4.74 Å². The Balaban J connectivity index is 2.00. The van der Waals surface area contributed by atoms with Gasteiger partial charge in [-0.15, -0.1) is 0 Å². The predicted octanol–water partition coefficient (Wildman–Crippen LogP) is 2.82. The Hall–Kier alpha value is -2.40. The van der Waals surface area contributed by atoms with Gasteiger partial charge in [-0.05, 0) is 42.8 Å². The van der Waals surface area contributed by atoms with Crippen LogP contribution in [0.15, 0.2) is 41.6 Å². The molecule has 1 heterocycles. The van der Waals surface area contributed by atoms with Gasteiger partial charge in [-0.25, -0.2) is 5.43 Å². The summed E-state index contributed by atoms with van der Waals surface area (Å²) in [6.07, 6.45) is 3.01. The van der Waals surface area contributed by atoms with E-state index in [0.717, 1.165) is 11.3 Å². The van der Waals surface area contributed by atoms with Crippen molar-refractivity contribution >= 4 is 23.7 Å². The maximum Gasteiger partial charge on any atom is 0.272 e. The lowest BCUT2D eigenvalue weighted by atomic mass is 10.2. The number of nitrogens with one attached hydrogen (secondary N) is 1. The lowest BCUT2D eigenvalue weighted by molar-refractivity contribution is 0.0955. The second-order valence-corrected chi connectivity index (χ2v) is 4.69. The van der Waals surface area contributed by atoms with Crippen molar-refractivity contribution in [1.29, 1.82) is 0 Å². The molecule has 1 N–H and O–H groups in total. The van der Waals surface area contributed by atoms with Crippen LogP contribution in [0.5, 0.6) is 5.75 Å². The molecule has 2 aromatic rings. The number of hydrazone groups is 1. The number of aryl methyl sites for hydroxylation is 1. The van der Waals surface area contributed by atoms with Crippen molar-refractivity contribution in [3.8, 4) is 5.75 Å². The Morgan fingerprint density at radius 1 is 1.38 bits per heavy atom. The number of amides is 1. The zero-order valence-electron chi connectivity index (χ0n) is 11.6. The number of rotatable bonds is 4. The van der Waals surface area contributed by atoms with E-state index in [1.54, 1.807) is 37.4 Å². The summed E-state index contributed by atoms with van der Waals surface area (Å²) < 4.78 is 5.06. The normalized spacial score (nSPS) is 10.6. The Morgan fingerprint density at radius 3 is 2.81 bits per heavy atom. The molecule has 1 aromatic carbocycles. The van der Waals surface area contributed by atoms with Crippen LogP contribution in [-0.2, 0) is 0 Å². The fourth-order valence-corrected chi connectivity index (χ4v) is 1.86. The molecule has 0 atom stereocenters. The topological polar surface area (TPSA) is 63.6 Å². The van der Waals surface area contributed by atoms with Gasteiger partial charge in [0.25, 0.3) is 5.91 Å². The number of carbonyl (C=O) groups is 1. The Kier molecular flexibility index (Phi) is 4.90. The molecule has 108 valence electrons. The summed E-state index contributed by atoms with van der Waals surface area (Å²) in [4.78, 5) is 15.9. The third-order valence-electron chi connectivity index (χ3n) is 2.73. The number of pyridine rings is 1. The van der Waals surface area contributed by atoms with Crippen LogP contribution < -0.4 is 10.2 Å². The Bertz CT molecular complexity index is 669. The van der Waals surface area contributed by atoms with E-state index in [1.165, 1.54) is 12.4 Å². The minimum atomic E-state index is -0.321. The summed E-state index contributed by atoms with van der Waals surface area (Å²) in [6, 6.07) is 8.67. The second-order valence-electron chi connectivity index (χ2n) is 4.28. The van der Waals surface area contributed by atoms with E-state index in [-0.39, 0.29) is 5.91 Å². The minimum Gasteiger partial charge on any atom is -0.495 e. The second kappa shape index (κ2) is 6.85. The molecule has 0 fully saturated rings. The van der Waals surface area contributed by atoms with E-state index in [2.05, 4.69) is 15.5 Å². The number of hydrogen-bond donors (Lipinski definition) is 1. The number of nitrogens with zero attached hydrogens (tertiary/aromatic N) is 2. The molecule has 0 radical (unpaired) electrons. The molecule has 0 saturated carbocycles. The van der Waals surface area contributed by atoms with E-state index < -0.39 is 0 Å². The van der Waals surface area contributed by atoms with Crippen molar-refractivity contribution in [3.63, 3.8) is 0 Å². The van der Waals surface area contributed by atoms with Crippen molar-refractivity contribution in [2.75, 3.05) is 7.11 Å². The first-order valence-corrected chi connectivity index (χ1v) is 6.57. The van der Waals surface area contributed by atoms with E-state index >= 15 is 0 Å². The summed E-state index contributed by atoms with van der Waals surface area (Å²) in [5.41, 5.74) is 4.48. The first-order chi connectivity index (χ1) is 10.1. The van der Waals surface area contributed by atoms with Gasteiger partial charge in [0.15, 0.2) is 0 Å². The maximum absolute atomic E-state index is 11.8. The largest absolute Gasteiger partial charge is 0.495 e. The average molecular weight is 304 g/mol. The number of carbonyl (C=O) groups excluding carboxylic acids is 1. The smallest absolute Gasteiger partial charge is 0.272 e. The van der Waals surface area contributed by atoms with Crippen LogP contribution in [0, 0.1) is 6.92 Å². The third-order valence-corrected chi connectivity index (χ3v) is 3.02. The highest BCUT2D eigenvalue weighted by molar-refractivity contribution is 6.32. The molecule has 6 heteroatoms.